The molecular formula is C24H27N7O3S. The molecule has 0 atom stereocenters. The predicted octanol–water partition coefficient (Wildman–Crippen LogP) is 1.76. The average molecular weight is 494 g/mol. The van der Waals surface area contributed by atoms with Crippen LogP contribution in [-0.2, 0) is 15.3 Å². The van der Waals surface area contributed by atoms with E-state index in [1.54, 1.807) is 29.5 Å². The van der Waals surface area contributed by atoms with Gasteiger partial charge < -0.3 is 15.1 Å². The standard InChI is InChI=1S/C24H27N7O3S/c1-17(2)25-22(32)24(34)30-14-12-29(13-15-30)23(33)19-10-6-7-11-20(19)35-16-21-26-27-28-31(21)18-8-4-3-5-9-18/h3-11,17H,12-16H2,1-2H3,(H,25,32). The quantitative estimate of drug-likeness (QED) is 0.411. The van der Waals surface area contributed by atoms with Gasteiger partial charge in [-0.25, -0.2) is 0 Å². The van der Waals surface area contributed by atoms with Crippen molar-refractivity contribution < 1.29 is 14.4 Å². The van der Waals surface area contributed by atoms with Crippen LogP contribution in [0.2, 0.25) is 0 Å². The number of nitrogens with zero attached hydrogens (tertiary/aromatic N) is 6. The zero-order chi connectivity index (χ0) is 24.8. The van der Waals surface area contributed by atoms with E-state index in [9.17, 15) is 14.4 Å². The monoisotopic (exact) mass is 493 g/mol. The van der Waals surface area contributed by atoms with Gasteiger partial charge in [-0.15, -0.1) is 16.9 Å². The molecule has 1 fully saturated rings. The van der Waals surface area contributed by atoms with Gasteiger partial charge in [-0.3, -0.25) is 14.4 Å². The summed E-state index contributed by atoms with van der Waals surface area (Å²) >= 11 is 1.49. The molecule has 1 aromatic heterocycles. The van der Waals surface area contributed by atoms with Crippen molar-refractivity contribution in [3.8, 4) is 5.69 Å². The lowest BCUT2D eigenvalue weighted by molar-refractivity contribution is -0.147. The fourth-order valence-electron chi connectivity index (χ4n) is 3.73. The maximum absolute atomic E-state index is 13.3. The van der Waals surface area contributed by atoms with Crippen molar-refractivity contribution in [3.63, 3.8) is 0 Å². The molecule has 2 heterocycles. The molecule has 0 unspecified atom stereocenters. The number of amides is 3. The molecule has 4 rings (SSSR count). The lowest BCUT2D eigenvalue weighted by atomic mass is 10.1. The normalized spacial score (nSPS) is 13.7. The summed E-state index contributed by atoms with van der Waals surface area (Å²) in [7, 11) is 0. The van der Waals surface area contributed by atoms with Crippen LogP contribution in [-0.4, -0.2) is 79.9 Å². The number of tetrazole rings is 1. The molecule has 0 bridgehead atoms. The summed E-state index contributed by atoms with van der Waals surface area (Å²) in [4.78, 5) is 41.7. The Labute approximate surface area is 207 Å². The molecule has 10 nitrogen and oxygen atoms in total. The number of carbonyl (C=O) groups excluding carboxylic acids is 3. The van der Waals surface area contributed by atoms with E-state index in [0.717, 1.165) is 10.6 Å². The second kappa shape index (κ2) is 11.1. The van der Waals surface area contributed by atoms with Crippen molar-refractivity contribution in [2.24, 2.45) is 0 Å². The molecular weight excluding hydrogens is 466 g/mol. The molecule has 1 saturated heterocycles. The minimum Gasteiger partial charge on any atom is -0.346 e. The first-order valence-corrected chi connectivity index (χ1v) is 12.4. The third-order valence-electron chi connectivity index (χ3n) is 5.48. The first kappa shape index (κ1) is 24.4. The largest absolute Gasteiger partial charge is 0.346 e. The highest BCUT2D eigenvalue weighted by Gasteiger charge is 2.29. The Morgan fingerprint density at radius 2 is 1.60 bits per heavy atom. The third-order valence-corrected chi connectivity index (χ3v) is 6.55. The van der Waals surface area contributed by atoms with E-state index in [2.05, 4.69) is 20.8 Å². The number of nitrogens with one attached hydrogen (secondary N) is 1. The molecule has 0 aliphatic carbocycles. The molecule has 35 heavy (non-hydrogen) atoms. The van der Waals surface area contributed by atoms with E-state index in [1.807, 2.05) is 48.5 Å². The second-order valence-corrected chi connectivity index (χ2v) is 9.36. The van der Waals surface area contributed by atoms with Gasteiger partial charge in [0.1, 0.15) is 0 Å². The lowest BCUT2D eigenvalue weighted by Gasteiger charge is -2.34. The van der Waals surface area contributed by atoms with Gasteiger partial charge in [0, 0.05) is 37.1 Å². The van der Waals surface area contributed by atoms with Crippen LogP contribution in [0, 0.1) is 0 Å². The number of hydrogen-bond donors (Lipinski definition) is 1. The maximum Gasteiger partial charge on any atom is 0.312 e. The molecule has 1 N–H and O–H groups in total. The summed E-state index contributed by atoms with van der Waals surface area (Å²) in [6, 6.07) is 17.0. The lowest BCUT2D eigenvalue weighted by Crippen LogP contribution is -2.54. The zero-order valence-corrected chi connectivity index (χ0v) is 20.4. The van der Waals surface area contributed by atoms with Crippen molar-refractivity contribution in [3.05, 3.63) is 66.0 Å². The van der Waals surface area contributed by atoms with Gasteiger partial charge in [0.25, 0.3) is 5.91 Å². The van der Waals surface area contributed by atoms with Crippen LogP contribution < -0.4 is 5.32 Å². The Balaban J connectivity index is 1.39. The van der Waals surface area contributed by atoms with Gasteiger partial charge in [0.15, 0.2) is 5.82 Å². The Morgan fingerprint density at radius 1 is 0.943 bits per heavy atom. The molecule has 11 heteroatoms. The molecule has 182 valence electrons. The van der Waals surface area contributed by atoms with Crippen LogP contribution in [0.25, 0.3) is 5.69 Å². The molecule has 0 saturated carbocycles. The zero-order valence-electron chi connectivity index (χ0n) is 19.6. The first-order chi connectivity index (χ1) is 16.9. The van der Waals surface area contributed by atoms with Crippen LogP contribution in [0.5, 0.6) is 0 Å². The van der Waals surface area contributed by atoms with E-state index >= 15 is 0 Å². The average Bonchev–Trinajstić information content (AvgIpc) is 3.36. The molecule has 2 aromatic carbocycles. The highest BCUT2D eigenvalue weighted by molar-refractivity contribution is 7.98. The van der Waals surface area contributed by atoms with Crippen molar-refractivity contribution in [2.45, 2.75) is 30.5 Å². The minimum absolute atomic E-state index is 0.102. The number of benzene rings is 2. The number of aromatic nitrogens is 4. The molecule has 0 spiro atoms. The van der Waals surface area contributed by atoms with Crippen LogP contribution in [0.1, 0.15) is 30.0 Å². The molecule has 1 aliphatic rings. The minimum atomic E-state index is -0.612. The van der Waals surface area contributed by atoms with Gasteiger partial charge in [-0.1, -0.05) is 30.3 Å². The third kappa shape index (κ3) is 5.86. The SMILES string of the molecule is CC(C)NC(=O)C(=O)N1CCN(C(=O)c2ccccc2SCc2nnnn2-c2ccccc2)CC1. The molecule has 1 aliphatic heterocycles. The van der Waals surface area contributed by atoms with Crippen LogP contribution >= 0.6 is 11.8 Å². The van der Waals surface area contributed by atoms with E-state index in [-0.39, 0.29) is 11.9 Å². The van der Waals surface area contributed by atoms with Crippen molar-refractivity contribution in [1.29, 1.82) is 0 Å². The Hall–Kier alpha value is -3.73. The first-order valence-electron chi connectivity index (χ1n) is 11.4. The topological polar surface area (TPSA) is 113 Å². The second-order valence-electron chi connectivity index (χ2n) is 8.34. The Morgan fingerprint density at radius 3 is 2.31 bits per heavy atom. The number of thioether (sulfide) groups is 1. The summed E-state index contributed by atoms with van der Waals surface area (Å²) < 4.78 is 1.68. The van der Waals surface area contributed by atoms with Crippen molar-refractivity contribution in [2.75, 3.05) is 26.2 Å². The summed E-state index contributed by atoms with van der Waals surface area (Å²) in [5.74, 6) is -0.110. The van der Waals surface area contributed by atoms with Gasteiger partial charge in [-0.05, 0) is 48.5 Å². The molecule has 0 radical (unpaired) electrons. The Bertz CT molecular complexity index is 1190. The van der Waals surface area contributed by atoms with Gasteiger partial charge in [0.2, 0.25) is 0 Å². The maximum atomic E-state index is 13.3. The fraction of sp³-hybridized carbons (Fsp3) is 0.333. The summed E-state index contributed by atoms with van der Waals surface area (Å²) in [6.45, 7) is 4.97. The number of carbonyl (C=O) groups is 3. The van der Waals surface area contributed by atoms with Crippen LogP contribution in [0.15, 0.2) is 59.5 Å². The van der Waals surface area contributed by atoms with E-state index in [0.29, 0.717) is 43.3 Å². The van der Waals surface area contributed by atoms with Crippen molar-refractivity contribution in [1.82, 2.24) is 35.3 Å². The summed E-state index contributed by atoms with van der Waals surface area (Å²) in [6.07, 6.45) is 0. The van der Waals surface area contributed by atoms with E-state index in [1.165, 1.54) is 16.7 Å². The predicted molar refractivity (Wildman–Crippen MR) is 131 cm³/mol. The number of hydrogen-bond acceptors (Lipinski definition) is 7. The highest BCUT2D eigenvalue weighted by atomic mass is 32.2. The fourth-order valence-corrected chi connectivity index (χ4v) is 4.68. The number of piperazine rings is 1. The Kier molecular flexibility index (Phi) is 7.76. The van der Waals surface area contributed by atoms with Crippen LogP contribution in [0.3, 0.4) is 0 Å². The summed E-state index contributed by atoms with van der Waals surface area (Å²) in [5, 5.41) is 14.7. The number of rotatable bonds is 6. The van der Waals surface area contributed by atoms with Crippen molar-refractivity contribution >= 4 is 29.5 Å². The highest BCUT2D eigenvalue weighted by Crippen LogP contribution is 2.27. The van der Waals surface area contributed by atoms with Gasteiger partial charge in [0.05, 0.1) is 17.0 Å². The molecule has 3 amide bonds. The van der Waals surface area contributed by atoms with E-state index in [4.69, 9.17) is 0 Å². The molecule has 3 aromatic rings. The van der Waals surface area contributed by atoms with Crippen LogP contribution in [0.4, 0.5) is 0 Å². The number of para-hydroxylation sites is 1. The smallest absolute Gasteiger partial charge is 0.312 e. The van der Waals surface area contributed by atoms with Gasteiger partial charge >= 0.3 is 11.8 Å². The summed E-state index contributed by atoms with van der Waals surface area (Å²) in [5.41, 5.74) is 1.46. The van der Waals surface area contributed by atoms with Gasteiger partial charge in [-0.2, -0.15) is 4.68 Å². The van der Waals surface area contributed by atoms with E-state index < -0.39 is 11.8 Å².